The zero-order valence-corrected chi connectivity index (χ0v) is 10.7. The Kier molecular flexibility index (Phi) is 3.83. The average Bonchev–Trinajstić information content (AvgIpc) is 2.65. The minimum Gasteiger partial charge on any atom is -0.299 e. The molecule has 0 spiro atoms. The minimum absolute atomic E-state index is 0.405. The summed E-state index contributed by atoms with van der Waals surface area (Å²) in [7, 11) is 0. The Balaban J connectivity index is 1.83. The van der Waals surface area contributed by atoms with E-state index in [-0.39, 0.29) is 0 Å². The quantitative estimate of drug-likeness (QED) is 0.654. The van der Waals surface area contributed by atoms with Gasteiger partial charge >= 0.3 is 0 Å². The van der Waals surface area contributed by atoms with Crippen molar-refractivity contribution in [2.24, 2.45) is 17.8 Å². The fourth-order valence-corrected chi connectivity index (χ4v) is 3.28. The molecule has 1 unspecified atom stereocenters. The molecule has 0 aromatic rings. The van der Waals surface area contributed by atoms with Gasteiger partial charge in [0.25, 0.3) is 0 Å². The Labute approximate surface area is 99.3 Å². The molecule has 0 saturated heterocycles. The Hall–Kier alpha value is -0.590. The zero-order chi connectivity index (χ0) is 11.5. The number of allylic oxidation sites excluding steroid dienone is 2. The lowest BCUT2D eigenvalue weighted by molar-refractivity contribution is -0.121. The predicted octanol–water partition coefficient (Wildman–Crippen LogP) is 4.13. The summed E-state index contributed by atoms with van der Waals surface area (Å²) in [5.74, 6) is 2.50. The predicted molar refractivity (Wildman–Crippen MR) is 67.2 cm³/mol. The van der Waals surface area contributed by atoms with E-state index in [9.17, 15) is 4.79 Å². The maximum atomic E-state index is 11.6. The standard InChI is InChI=1S/C15H24O/c1-11-6-8-13(9-7-11)12(2)10-14-4-3-5-15(14)16/h6,12-14H,3-5,7-10H2,1-2H3/t12?,13-,14+/m0/s1. The normalized spacial score (nSPS) is 32.6. The smallest absolute Gasteiger partial charge is 0.135 e. The summed E-state index contributed by atoms with van der Waals surface area (Å²) in [4.78, 5) is 11.6. The van der Waals surface area contributed by atoms with E-state index in [1.807, 2.05) is 0 Å². The lowest BCUT2D eigenvalue weighted by Gasteiger charge is -2.28. The van der Waals surface area contributed by atoms with Gasteiger partial charge in [0.05, 0.1) is 0 Å². The highest BCUT2D eigenvalue weighted by Gasteiger charge is 2.28. The van der Waals surface area contributed by atoms with Crippen LogP contribution in [0.4, 0.5) is 0 Å². The van der Waals surface area contributed by atoms with Crippen LogP contribution in [-0.2, 0) is 4.79 Å². The Morgan fingerprint density at radius 2 is 2.19 bits per heavy atom. The fraction of sp³-hybridized carbons (Fsp3) is 0.800. The molecule has 0 amide bonds. The Bertz CT molecular complexity index is 290. The van der Waals surface area contributed by atoms with Crippen LogP contribution in [0.25, 0.3) is 0 Å². The molecule has 0 heterocycles. The summed E-state index contributed by atoms with van der Waals surface area (Å²) in [6.45, 7) is 4.59. The highest BCUT2D eigenvalue weighted by atomic mass is 16.1. The van der Waals surface area contributed by atoms with Gasteiger partial charge in [-0.05, 0) is 57.3 Å². The number of rotatable bonds is 3. The maximum Gasteiger partial charge on any atom is 0.135 e. The summed E-state index contributed by atoms with van der Waals surface area (Å²) < 4.78 is 0. The van der Waals surface area contributed by atoms with Crippen molar-refractivity contribution in [2.45, 2.75) is 58.8 Å². The molecule has 3 atom stereocenters. The number of carbonyl (C=O) groups is 1. The molecule has 0 aromatic heterocycles. The molecule has 0 radical (unpaired) electrons. The van der Waals surface area contributed by atoms with Crippen molar-refractivity contribution in [3.8, 4) is 0 Å². The number of carbonyl (C=O) groups excluding carboxylic acids is 1. The lowest BCUT2D eigenvalue weighted by Crippen LogP contribution is -2.19. The van der Waals surface area contributed by atoms with Gasteiger partial charge in [-0.25, -0.2) is 0 Å². The largest absolute Gasteiger partial charge is 0.299 e. The number of hydrogen-bond donors (Lipinski definition) is 0. The van der Waals surface area contributed by atoms with Crippen LogP contribution in [0, 0.1) is 17.8 Å². The van der Waals surface area contributed by atoms with Crippen LogP contribution in [-0.4, -0.2) is 5.78 Å². The van der Waals surface area contributed by atoms with Gasteiger partial charge in [0.1, 0.15) is 5.78 Å². The first-order chi connectivity index (χ1) is 7.66. The van der Waals surface area contributed by atoms with Crippen LogP contribution >= 0.6 is 0 Å². The van der Waals surface area contributed by atoms with Gasteiger partial charge in [-0.15, -0.1) is 0 Å². The molecule has 0 aromatic carbocycles. The van der Waals surface area contributed by atoms with Crippen LogP contribution in [0.1, 0.15) is 58.8 Å². The molecule has 0 bridgehead atoms. The molecular weight excluding hydrogens is 196 g/mol. The molecule has 2 aliphatic carbocycles. The topological polar surface area (TPSA) is 17.1 Å². The second-order valence-electron chi connectivity index (χ2n) is 5.85. The monoisotopic (exact) mass is 220 g/mol. The molecule has 0 aliphatic heterocycles. The summed E-state index contributed by atoms with van der Waals surface area (Å²) in [5.41, 5.74) is 1.56. The second-order valence-corrected chi connectivity index (χ2v) is 5.85. The molecule has 0 N–H and O–H groups in total. The van der Waals surface area contributed by atoms with Crippen molar-refractivity contribution in [1.29, 1.82) is 0 Å². The van der Waals surface area contributed by atoms with Crippen LogP contribution in [0.5, 0.6) is 0 Å². The third kappa shape index (κ3) is 2.75. The van der Waals surface area contributed by atoms with Gasteiger partial charge < -0.3 is 0 Å². The molecule has 1 heteroatoms. The SMILES string of the molecule is CC1=CC[C@H](C(C)C[C@H]2CCCC2=O)CC1. The second kappa shape index (κ2) is 5.16. The van der Waals surface area contributed by atoms with Crippen LogP contribution in [0.2, 0.25) is 0 Å². The third-order valence-corrected chi connectivity index (χ3v) is 4.57. The first-order valence-corrected chi connectivity index (χ1v) is 6.85. The highest BCUT2D eigenvalue weighted by molar-refractivity contribution is 5.82. The Morgan fingerprint density at radius 1 is 1.38 bits per heavy atom. The zero-order valence-electron chi connectivity index (χ0n) is 10.7. The molecule has 16 heavy (non-hydrogen) atoms. The van der Waals surface area contributed by atoms with Gasteiger partial charge in [0, 0.05) is 12.3 Å². The summed E-state index contributed by atoms with van der Waals surface area (Å²) in [6.07, 6.45) is 10.6. The first-order valence-electron chi connectivity index (χ1n) is 6.85. The van der Waals surface area contributed by atoms with E-state index < -0.39 is 0 Å². The maximum absolute atomic E-state index is 11.6. The van der Waals surface area contributed by atoms with Gasteiger partial charge in [-0.3, -0.25) is 4.79 Å². The van der Waals surface area contributed by atoms with E-state index >= 15 is 0 Å². The van der Waals surface area contributed by atoms with E-state index in [1.165, 1.54) is 19.3 Å². The van der Waals surface area contributed by atoms with Crippen LogP contribution in [0.3, 0.4) is 0 Å². The van der Waals surface area contributed by atoms with Crippen molar-refractivity contribution >= 4 is 5.78 Å². The summed E-state index contributed by atoms with van der Waals surface area (Å²) >= 11 is 0. The molecule has 1 nitrogen and oxygen atoms in total. The summed E-state index contributed by atoms with van der Waals surface area (Å²) in [6, 6.07) is 0. The highest BCUT2D eigenvalue weighted by Crippen LogP contribution is 2.35. The molecule has 1 fully saturated rings. The van der Waals surface area contributed by atoms with E-state index in [2.05, 4.69) is 19.9 Å². The van der Waals surface area contributed by atoms with Crippen molar-refractivity contribution in [3.05, 3.63) is 11.6 Å². The molecule has 90 valence electrons. The van der Waals surface area contributed by atoms with E-state index in [0.29, 0.717) is 11.7 Å². The van der Waals surface area contributed by atoms with E-state index in [1.54, 1.807) is 5.57 Å². The molecule has 1 saturated carbocycles. The number of hydrogen-bond acceptors (Lipinski definition) is 1. The number of Topliss-reactive ketones (excluding diaryl/α,β-unsaturated/α-hetero) is 1. The van der Waals surface area contributed by atoms with Crippen molar-refractivity contribution < 1.29 is 4.79 Å². The van der Waals surface area contributed by atoms with Crippen molar-refractivity contribution in [1.82, 2.24) is 0 Å². The third-order valence-electron chi connectivity index (χ3n) is 4.57. The van der Waals surface area contributed by atoms with E-state index in [4.69, 9.17) is 0 Å². The van der Waals surface area contributed by atoms with Gasteiger partial charge in [-0.1, -0.05) is 18.6 Å². The molecule has 2 aliphatic rings. The first kappa shape index (κ1) is 11.9. The fourth-order valence-electron chi connectivity index (χ4n) is 3.28. The number of ketones is 1. The van der Waals surface area contributed by atoms with Crippen LogP contribution in [0.15, 0.2) is 11.6 Å². The van der Waals surface area contributed by atoms with Crippen LogP contribution < -0.4 is 0 Å². The van der Waals surface area contributed by atoms with Gasteiger partial charge in [0.15, 0.2) is 0 Å². The molecular formula is C15H24O. The average molecular weight is 220 g/mol. The molecule has 2 rings (SSSR count). The van der Waals surface area contributed by atoms with Gasteiger partial charge in [-0.2, -0.15) is 0 Å². The Morgan fingerprint density at radius 3 is 2.75 bits per heavy atom. The van der Waals surface area contributed by atoms with Gasteiger partial charge in [0.2, 0.25) is 0 Å². The van der Waals surface area contributed by atoms with E-state index in [0.717, 1.165) is 37.5 Å². The summed E-state index contributed by atoms with van der Waals surface area (Å²) in [5, 5.41) is 0. The lowest BCUT2D eigenvalue weighted by atomic mass is 9.77. The minimum atomic E-state index is 0.405. The van der Waals surface area contributed by atoms with Crippen molar-refractivity contribution in [2.75, 3.05) is 0 Å². The van der Waals surface area contributed by atoms with Crippen molar-refractivity contribution in [3.63, 3.8) is 0 Å².